The first-order valence-corrected chi connectivity index (χ1v) is 9.96. The first kappa shape index (κ1) is 24.8. The largest absolute Gasteiger partial charge is 0.497 e. The van der Waals surface area contributed by atoms with Crippen molar-refractivity contribution >= 4 is 29.9 Å². The van der Waals surface area contributed by atoms with Gasteiger partial charge in [0.15, 0.2) is 5.96 Å². The van der Waals surface area contributed by atoms with Crippen LogP contribution in [-0.2, 0) is 6.54 Å². The molecule has 1 aromatic rings. The van der Waals surface area contributed by atoms with Crippen LogP contribution in [0.15, 0.2) is 23.2 Å². The highest BCUT2D eigenvalue weighted by molar-refractivity contribution is 14.0. The molecular weight excluding hydrogens is 467 g/mol. The number of methoxy groups -OCH3 is 2. The number of nitrogens with zero attached hydrogens (tertiary/aromatic N) is 3. The number of piperidine rings is 1. The summed E-state index contributed by atoms with van der Waals surface area (Å²) in [4.78, 5) is 9.17. The molecule has 1 saturated heterocycles. The molecule has 7 heteroatoms. The lowest BCUT2D eigenvalue weighted by atomic mass is 9.97. The SMILES string of the molecule is CCCN1CCC(CNC(=NC)N(C)Cc2ccc(OC)cc2OC)CC1.I. The van der Waals surface area contributed by atoms with Gasteiger partial charge in [0.1, 0.15) is 11.5 Å². The Morgan fingerprint density at radius 2 is 1.96 bits per heavy atom. The van der Waals surface area contributed by atoms with E-state index in [0.717, 1.165) is 42.0 Å². The van der Waals surface area contributed by atoms with Gasteiger partial charge in [0.05, 0.1) is 14.2 Å². The number of hydrogen-bond donors (Lipinski definition) is 1. The van der Waals surface area contributed by atoms with E-state index in [0.29, 0.717) is 0 Å². The second-order valence-corrected chi connectivity index (χ2v) is 7.25. The number of hydrogen-bond acceptors (Lipinski definition) is 4. The van der Waals surface area contributed by atoms with Crippen molar-refractivity contribution in [2.75, 3.05) is 54.5 Å². The van der Waals surface area contributed by atoms with Gasteiger partial charge in [-0.25, -0.2) is 0 Å². The van der Waals surface area contributed by atoms with Crippen LogP contribution in [0.4, 0.5) is 0 Å². The molecule has 1 N–H and O–H groups in total. The normalized spacial score (nSPS) is 15.7. The Bertz CT molecular complexity index is 604. The Hall–Kier alpha value is -1.22. The molecular formula is C21H37IN4O2. The Balaban J connectivity index is 0.00000392. The lowest BCUT2D eigenvalue weighted by Crippen LogP contribution is -2.43. The number of rotatable bonds is 8. The molecule has 2 rings (SSSR count). The molecule has 0 aromatic heterocycles. The summed E-state index contributed by atoms with van der Waals surface area (Å²) in [6, 6.07) is 5.93. The molecule has 0 saturated carbocycles. The van der Waals surface area contributed by atoms with Crippen molar-refractivity contribution in [2.45, 2.75) is 32.7 Å². The van der Waals surface area contributed by atoms with Crippen LogP contribution in [0.3, 0.4) is 0 Å². The fourth-order valence-corrected chi connectivity index (χ4v) is 3.66. The molecule has 28 heavy (non-hydrogen) atoms. The molecule has 0 atom stereocenters. The number of guanidine groups is 1. The second-order valence-electron chi connectivity index (χ2n) is 7.25. The first-order valence-electron chi connectivity index (χ1n) is 9.96. The van der Waals surface area contributed by atoms with Crippen molar-refractivity contribution in [3.05, 3.63) is 23.8 Å². The Morgan fingerprint density at radius 1 is 1.25 bits per heavy atom. The van der Waals surface area contributed by atoms with Gasteiger partial charge in [-0.3, -0.25) is 4.99 Å². The van der Waals surface area contributed by atoms with Gasteiger partial charge < -0.3 is 24.6 Å². The summed E-state index contributed by atoms with van der Waals surface area (Å²) < 4.78 is 10.8. The van der Waals surface area contributed by atoms with Gasteiger partial charge in [-0.15, -0.1) is 24.0 Å². The fourth-order valence-electron chi connectivity index (χ4n) is 3.66. The zero-order valence-corrected chi connectivity index (χ0v) is 20.4. The molecule has 0 radical (unpaired) electrons. The van der Waals surface area contributed by atoms with Gasteiger partial charge in [0.2, 0.25) is 0 Å². The summed E-state index contributed by atoms with van der Waals surface area (Å²) in [5.41, 5.74) is 1.11. The van der Waals surface area contributed by atoms with Gasteiger partial charge in [0.25, 0.3) is 0 Å². The van der Waals surface area contributed by atoms with Gasteiger partial charge in [-0.05, 0) is 56.9 Å². The van der Waals surface area contributed by atoms with Crippen molar-refractivity contribution in [1.82, 2.24) is 15.1 Å². The lowest BCUT2D eigenvalue weighted by molar-refractivity contribution is 0.185. The topological polar surface area (TPSA) is 49.3 Å². The van der Waals surface area contributed by atoms with E-state index >= 15 is 0 Å². The smallest absolute Gasteiger partial charge is 0.193 e. The lowest BCUT2D eigenvalue weighted by Gasteiger charge is -2.32. The first-order chi connectivity index (χ1) is 13.1. The Morgan fingerprint density at radius 3 is 2.54 bits per heavy atom. The average Bonchev–Trinajstić information content (AvgIpc) is 2.70. The van der Waals surface area contributed by atoms with Crippen molar-refractivity contribution in [1.29, 1.82) is 0 Å². The second kappa shape index (κ2) is 13.1. The minimum absolute atomic E-state index is 0. The predicted molar refractivity (Wildman–Crippen MR) is 127 cm³/mol. The zero-order chi connectivity index (χ0) is 19.6. The predicted octanol–water partition coefficient (Wildman–Crippen LogP) is 3.45. The minimum atomic E-state index is 0. The highest BCUT2D eigenvalue weighted by atomic mass is 127. The molecule has 1 heterocycles. The molecule has 0 spiro atoms. The van der Waals surface area contributed by atoms with Crippen LogP contribution >= 0.6 is 24.0 Å². The molecule has 1 fully saturated rings. The molecule has 1 aromatic carbocycles. The van der Waals surface area contributed by atoms with Gasteiger partial charge >= 0.3 is 0 Å². The highest BCUT2D eigenvalue weighted by Gasteiger charge is 2.19. The summed E-state index contributed by atoms with van der Waals surface area (Å²) in [6.07, 6.45) is 3.77. The summed E-state index contributed by atoms with van der Waals surface area (Å²) in [5, 5.41) is 3.56. The van der Waals surface area contributed by atoms with Crippen LogP contribution in [0.1, 0.15) is 31.7 Å². The van der Waals surface area contributed by atoms with E-state index in [4.69, 9.17) is 9.47 Å². The number of ether oxygens (including phenoxy) is 2. The summed E-state index contributed by atoms with van der Waals surface area (Å²) in [7, 11) is 7.26. The maximum absolute atomic E-state index is 5.52. The van der Waals surface area contributed by atoms with Crippen LogP contribution in [-0.4, -0.2) is 70.3 Å². The fraction of sp³-hybridized carbons (Fsp3) is 0.667. The van der Waals surface area contributed by atoms with E-state index in [-0.39, 0.29) is 24.0 Å². The van der Waals surface area contributed by atoms with Crippen LogP contribution in [0.25, 0.3) is 0 Å². The van der Waals surface area contributed by atoms with Crippen molar-refractivity contribution < 1.29 is 9.47 Å². The van der Waals surface area contributed by atoms with Gasteiger partial charge in [0, 0.05) is 38.8 Å². The molecule has 6 nitrogen and oxygen atoms in total. The number of benzene rings is 1. The molecule has 160 valence electrons. The summed E-state index contributed by atoms with van der Waals surface area (Å²) >= 11 is 0. The van der Waals surface area contributed by atoms with Crippen LogP contribution in [0.2, 0.25) is 0 Å². The van der Waals surface area contributed by atoms with Crippen molar-refractivity contribution in [3.63, 3.8) is 0 Å². The van der Waals surface area contributed by atoms with E-state index in [1.54, 1.807) is 14.2 Å². The molecule has 1 aliphatic heterocycles. The van der Waals surface area contributed by atoms with E-state index in [9.17, 15) is 0 Å². The zero-order valence-electron chi connectivity index (χ0n) is 18.0. The van der Waals surface area contributed by atoms with E-state index in [1.807, 2.05) is 25.2 Å². The maximum atomic E-state index is 5.52. The number of aliphatic imine (C=N–C) groups is 1. The monoisotopic (exact) mass is 504 g/mol. The van der Waals surface area contributed by atoms with Crippen LogP contribution in [0, 0.1) is 5.92 Å². The van der Waals surface area contributed by atoms with Gasteiger partial charge in [-0.2, -0.15) is 0 Å². The maximum Gasteiger partial charge on any atom is 0.193 e. The third-order valence-electron chi connectivity index (χ3n) is 5.27. The van der Waals surface area contributed by atoms with Crippen LogP contribution < -0.4 is 14.8 Å². The van der Waals surface area contributed by atoms with Crippen molar-refractivity contribution in [2.24, 2.45) is 10.9 Å². The van der Waals surface area contributed by atoms with E-state index in [1.165, 1.54) is 38.9 Å². The molecule has 1 aliphatic rings. The highest BCUT2D eigenvalue weighted by Crippen LogP contribution is 2.25. The molecule has 0 aliphatic carbocycles. The summed E-state index contributed by atoms with van der Waals surface area (Å²) in [6.45, 7) is 7.63. The summed E-state index contributed by atoms with van der Waals surface area (Å²) in [5.74, 6) is 3.28. The van der Waals surface area contributed by atoms with E-state index < -0.39 is 0 Å². The Kier molecular flexibility index (Phi) is 11.6. The average molecular weight is 504 g/mol. The van der Waals surface area contributed by atoms with Crippen molar-refractivity contribution in [3.8, 4) is 11.5 Å². The standard InChI is InChI=1S/C21H36N4O2.HI/c1-6-11-25-12-9-17(10-13-25)15-23-21(22-2)24(3)16-18-7-8-19(26-4)14-20(18)27-5;/h7-8,14,17H,6,9-13,15-16H2,1-5H3,(H,22,23);1H. The molecule has 0 amide bonds. The third-order valence-corrected chi connectivity index (χ3v) is 5.27. The number of nitrogens with one attached hydrogen (secondary N) is 1. The minimum Gasteiger partial charge on any atom is -0.497 e. The number of halogens is 1. The molecule has 0 unspecified atom stereocenters. The van der Waals surface area contributed by atoms with E-state index in [2.05, 4.69) is 34.1 Å². The van der Waals surface area contributed by atoms with Crippen LogP contribution in [0.5, 0.6) is 11.5 Å². The Labute approximate surface area is 187 Å². The number of likely N-dealkylation sites (tertiary alicyclic amines) is 1. The molecule has 0 bridgehead atoms. The van der Waals surface area contributed by atoms with Gasteiger partial charge in [-0.1, -0.05) is 6.92 Å². The quantitative estimate of drug-likeness (QED) is 0.334. The third kappa shape index (κ3) is 7.31.